The molecule has 1 aliphatic rings. The van der Waals surface area contributed by atoms with Crippen LogP contribution in [0.3, 0.4) is 0 Å². The minimum Gasteiger partial charge on any atom is -0.355 e. The van der Waals surface area contributed by atoms with E-state index in [1.165, 1.54) is 19.4 Å². The summed E-state index contributed by atoms with van der Waals surface area (Å²) < 4.78 is 0. The molecule has 0 saturated carbocycles. The average Bonchev–Trinajstić information content (AvgIpc) is 2.53. The van der Waals surface area contributed by atoms with Gasteiger partial charge in [0.15, 0.2) is 0 Å². The van der Waals surface area contributed by atoms with Crippen LogP contribution in [0.2, 0.25) is 0 Å². The highest BCUT2D eigenvalue weighted by atomic mass is 15.2. The number of pyridine rings is 1. The molecule has 1 atom stereocenters. The van der Waals surface area contributed by atoms with Gasteiger partial charge in [-0.3, -0.25) is 0 Å². The summed E-state index contributed by atoms with van der Waals surface area (Å²) in [7, 11) is 4.34. The van der Waals surface area contributed by atoms with Gasteiger partial charge in [-0.15, -0.1) is 0 Å². The molecule has 1 fully saturated rings. The number of piperidine rings is 1. The van der Waals surface area contributed by atoms with Gasteiger partial charge in [0.1, 0.15) is 5.82 Å². The molecule has 1 unspecified atom stereocenters. The molecule has 4 heteroatoms. The van der Waals surface area contributed by atoms with Crippen molar-refractivity contribution in [1.29, 1.82) is 0 Å². The predicted molar refractivity (Wildman–Crippen MR) is 88.6 cm³/mol. The summed E-state index contributed by atoms with van der Waals surface area (Å²) in [6, 6.07) is 10.9. The lowest BCUT2D eigenvalue weighted by molar-refractivity contribution is 0.247. The van der Waals surface area contributed by atoms with Crippen LogP contribution in [0.1, 0.15) is 18.4 Å². The zero-order valence-corrected chi connectivity index (χ0v) is 12.9. The average molecular weight is 284 g/mol. The van der Waals surface area contributed by atoms with Crippen molar-refractivity contribution >= 4 is 16.7 Å². The van der Waals surface area contributed by atoms with Crippen LogP contribution in [0.25, 0.3) is 10.9 Å². The van der Waals surface area contributed by atoms with E-state index in [4.69, 9.17) is 10.7 Å². The van der Waals surface area contributed by atoms with Crippen LogP contribution in [0.15, 0.2) is 30.3 Å². The molecule has 1 aromatic carbocycles. The first-order valence-corrected chi connectivity index (χ1v) is 7.69. The number of rotatable bonds is 3. The maximum absolute atomic E-state index is 5.96. The number of aromatic nitrogens is 1. The Labute approximate surface area is 126 Å². The summed E-state index contributed by atoms with van der Waals surface area (Å²) in [5, 5.41) is 1.16. The van der Waals surface area contributed by atoms with E-state index in [-0.39, 0.29) is 0 Å². The van der Waals surface area contributed by atoms with Crippen LogP contribution in [-0.4, -0.2) is 43.1 Å². The summed E-state index contributed by atoms with van der Waals surface area (Å²) in [5.74, 6) is 1.04. The van der Waals surface area contributed by atoms with Crippen LogP contribution < -0.4 is 10.6 Å². The van der Waals surface area contributed by atoms with E-state index in [0.29, 0.717) is 12.6 Å². The Morgan fingerprint density at radius 2 is 2.19 bits per heavy atom. The number of benzene rings is 1. The van der Waals surface area contributed by atoms with E-state index in [1.54, 1.807) is 0 Å². The monoisotopic (exact) mass is 284 g/mol. The van der Waals surface area contributed by atoms with Crippen LogP contribution >= 0.6 is 0 Å². The number of nitrogens with two attached hydrogens (primary N) is 1. The first-order chi connectivity index (χ1) is 10.2. The molecule has 2 aromatic rings. The fourth-order valence-electron chi connectivity index (χ4n) is 3.23. The largest absolute Gasteiger partial charge is 0.355 e. The fraction of sp³-hybridized carbons (Fsp3) is 0.471. The maximum atomic E-state index is 5.96. The lowest BCUT2D eigenvalue weighted by atomic mass is 10.0. The van der Waals surface area contributed by atoms with Gasteiger partial charge in [-0.25, -0.2) is 4.98 Å². The summed E-state index contributed by atoms with van der Waals surface area (Å²) >= 11 is 0. The van der Waals surface area contributed by atoms with Gasteiger partial charge in [0.25, 0.3) is 0 Å². The Kier molecular flexibility index (Phi) is 4.08. The smallest absolute Gasteiger partial charge is 0.133 e. The summed E-state index contributed by atoms with van der Waals surface area (Å²) in [5.41, 5.74) is 8.13. The molecule has 0 spiro atoms. The quantitative estimate of drug-likeness (QED) is 0.939. The molecule has 1 aliphatic heterocycles. The van der Waals surface area contributed by atoms with E-state index in [1.807, 2.05) is 12.1 Å². The lowest BCUT2D eigenvalue weighted by Crippen LogP contribution is -2.45. The van der Waals surface area contributed by atoms with Crippen molar-refractivity contribution in [1.82, 2.24) is 9.88 Å². The number of nitrogens with zero attached hydrogens (tertiary/aromatic N) is 3. The number of likely N-dealkylation sites (tertiary alicyclic amines) is 1. The first kappa shape index (κ1) is 14.3. The van der Waals surface area contributed by atoms with Crippen molar-refractivity contribution in [2.45, 2.75) is 25.4 Å². The van der Waals surface area contributed by atoms with Crippen molar-refractivity contribution in [3.8, 4) is 0 Å². The Hall–Kier alpha value is -1.65. The molecule has 0 bridgehead atoms. The number of anilines is 1. The minimum absolute atomic E-state index is 0.516. The highest BCUT2D eigenvalue weighted by Gasteiger charge is 2.23. The molecule has 1 aromatic heterocycles. The zero-order chi connectivity index (χ0) is 14.8. The van der Waals surface area contributed by atoms with Gasteiger partial charge in [-0.05, 0) is 38.6 Å². The topological polar surface area (TPSA) is 45.4 Å². The van der Waals surface area contributed by atoms with Gasteiger partial charge in [0.2, 0.25) is 0 Å². The second kappa shape index (κ2) is 6.00. The summed E-state index contributed by atoms with van der Waals surface area (Å²) in [6.45, 7) is 2.81. The first-order valence-electron chi connectivity index (χ1n) is 7.69. The normalized spacial score (nSPS) is 19.9. The molecule has 2 heterocycles. The number of hydrogen-bond donors (Lipinski definition) is 1. The van der Waals surface area contributed by atoms with Crippen LogP contribution in [-0.2, 0) is 6.54 Å². The molecule has 0 aliphatic carbocycles. The molecule has 0 amide bonds. The minimum atomic E-state index is 0.516. The number of likely N-dealkylation sites (N-methyl/N-ethyl adjacent to an activating group) is 2. The van der Waals surface area contributed by atoms with Gasteiger partial charge in [0, 0.05) is 37.1 Å². The van der Waals surface area contributed by atoms with Crippen molar-refractivity contribution in [2.75, 3.05) is 32.1 Å². The van der Waals surface area contributed by atoms with Gasteiger partial charge < -0.3 is 15.5 Å². The molecule has 4 nitrogen and oxygen atoms in total. The SMILES string of the molecule is CN1CCCC(N(C)c2nc3ccccc3cc2CN)C1. The number of hydrogen-bond acceptors (Lipinski definition) is 4. The fourth-order valence-corrected chi connectivity index (χ4v) is 3.23. The number of para-hydroxylation sites is 1. The summed E-state index contributed by atoms with van der Waals surface area (Å²) in [4.78, 5) is 9.59. The third kappa shape index (κ3) is 2.87. The molecule has 2 N–H and O–H groups in total. The second-order valence-electron chi connectivity index (χ2n) is 6.04. The molecular formula is C17H24N4. The van der Waals surface area contributed by atoms with Crippen molar-refractivity contribution < 1.29 is 0 Å². The highest BCUT2D eigenvalue weighted by Crippen LogP contribution is 2.26. The van der Waals surface area contributed by atoms with E-state index in [9.17, 15) is 0 Å². The van der Waals surface area contributed by atoms with Crippen LogP contribution in [0.4, 0.5) is 5.82 Å². The Bertz CT molecular complexity index is 625. The predicted octanol–water partition coefficient (Wildman–Crippen LogP) is 2.22. The Morgan fingerprint density at radius 1 is 1.38 bits per heavy atom. The highest BCUT2D eigenvalue weighted by molar-refractivity contribution is 5.81. The molecule has 1 saturated heterocycles. The molecule has 3 rings (SSSR count). The van der Waals surface area contributed by atoms with E-state index >= 15 is 0 Å². The Morgan fingerprint density at radius 3 is 2.95 bits per heavy atom. The summed E-state index contributed by atoms with van der Waals surface area (Å²) in [6.07, 6.45) is 2.47. The second-order valence-corrected chi connectivity index (χ2v) is 6.04. The molecule has 112 valence electrons. The van der Waals surface area contributed by atoms with Crippen molar-refractivity contribution in [2.24, 2.45) is 5.73 Å². The maximum Gasteiger partial charge on any atom is 0.133 e. The van der Waals surface area contributed by atoms with Gasteiger partial charge in [-0.1, -0.05) is 18.2 Å². The van der Waals surface area contributed by atoms with Crippen LogP contribution in [0, 0.1) is 0 Å². The third-order valence-electron chi connectivity index (χ3n) is 4.48. The van der Waals surface area contributed by atoms with Gasteiger partial charge >= 0.3 is 0 Å². The molecular weight excluding hydrogens is 260 g/mol. The molecule has 21 heavy (non-hydrogen) atoms. The molecule has 0 radical (unpaired) electrons. The standard InChI is InChI=1S/C17H24N4/c1-20-9-5-7-15(12-20)21(2)17-14(11-18)10-13-6-3-4-8-16(13)19-17/h3-4,6,8,10,15H,5,7,9,11-12,18H2,1-2H3. The Balaban J connectivity index is 1.97. The van der Waals surface area contributed by atoms with Crippen LogP contribution in [0.5, 0.6) is 0 Å². The lowest BCUT2D eigenvalue weighted by Gasteiger charge is -2.37. The number of fused-ring (bicyclic) bond motifs is 1. The van der Waals surface area contributed by atoms with Crippen molar-refractivity contribution in [3.05, 3.63) is 35.9 Å². The van der Waals surface area contributed by atoms with E-state index in [2.05, 4.69) is 42.1 Å². The zero-order valence-electron chi connectivity index (χ0n) is 12.9. The van der Waals surface area contributed by atoms with Crippen molar-refractivity contribution in [3.63, 3.8) is 0 Å². The van der Waals surface area contributed by atoms with E-state index in [0.717, 1.165) is 28.8 Å². The van der Waals surface area contributed by atoms with Gasteiger partial charge in [0.05, 0.1) is 5.52 Å². The van der Waals surface area contributed by atoms with Gasteiger partial charge in [-0.2, -0.15) is 0 Å². The van der Waals surface area contributed by atoms with E-state index < -0.39 is 0 Å². The third-order valence-corrected chi connectivity index (χ3v) is 4.48.